The topological polar surface area (TPSA) is 17.1 Å². The summed E-state index contributed by atoms with van der Waals surface area (Å²) >= 11 is 0. The molecule has 0 heterocycles. The van der Waals surface area contributed by atoms with Gasteiger partial charge in [-0.2, -0.15) is 0 Å². The molecule has 0 radical (unpaired) electrons. The molecule has 1 nitrogen and oxygen atoms in total. The molecule has 0 rings (SSSR count). The summed E-state index contributed by atoms with van der Waals surface area (Å²) in [6.45, 7) is 11.1. The van der Waals surface area contributed by atoms with E-state index in [-0.39, 0.29) is 0 Å². The number of rotatable bonds is 11. The van der Waals surface area contributed by atoms with Crippen molar-refractivity contribution in [3.8, 4) is 0 Å². The van der Waals surface area contributed by atoms with E-state index in [0.717, 1.165) is 18.5 Å². The second kappa shape index (κ2) is 10.1. The first kappa shape index (κ1) is 18.2. The summed E-state index contributed by atoms with van der Waals surface area (Å²) in [6.07, 6.45) is 10.7. The normalized spacial score (nSPS) is 12.6. The molecule has 0 unspecified atom stereocenters. The van der Waals surface area contributed by atoms with E-state index in [4.69, 9.17) is 0 Å². The zero-order chi connectivity index (χ0) is 14.0. The molecule has 0 aromatic heterocycles. The van der Waals surface area contributed by atoms with Crippen molar-refractivity contribution in [3.05, 3.63) is 0 Å². The molecule has 0 fully saturated rings. The first-order valence-electron chi connectivity index (χ1n) is 7.96. The second-order valence-electron chi connectivity index (χ2n) is 6.70. The summed E-state index contributed by atoms with van der Waals surface area (Å²) in [6, 6.07) is 0. The monoisotopic (exact) mass is 274 g/mol. The summed E-state index contributed by atoms with van der Waals surface area (Å²) in [7, 11) is -1.89. The quantitative estimate of drug-likeness (QED) is 0.332. The maximum Gasteiger partial charge on any atom is 0.0882 e. The van der Waals surface area contributed by atoms with Gasteiger partial charge in [-0.1, -0.05) is 66.7 Å². The van der Waals surface area contributed by atoms with Gasteiger partial charge in [-0.05, 0) is 18.3 Å². The molecule has 0 amide bonds. The maximum atomic E-state index is 12.9. The van der Waals surface area contributed by atoms with E-state index in [2.05, 4.69) is 34.6 Å². The molecule has 0 saturated heterocycles. The summed E-state index contributed by atoms with van der Waals surface area (Å²) in [5.74, 6) is 1.16. The van der Waals surface area contributed by atoms with Crippen LogP contribution >= 0.6 is 7.14 Å². The van der Waals surface area contributed by atoms with Gasteiger partial charge in [-0.15, -0.1) is 0 Å². The van der Waals surface area contributed by atoms with Gasteiger partial charge in [-0.25, -0.2) is 0 Å². The summed E-state index contributed by atoms with van der Waals surface area (Å²) in [5.41, 5.74) is 0. The Morgan fingerprint density at radius 3 is 1.67 bits per heavy atom. The fraction of sp³-hybridized carbons (Fsp3) is 1.00. The van der Waals surface area contributed by atoms with Gasteiger partial charge in [0.05, 0.1) is 7.14 Å². The molecule has 0 spiro atoms. The second-order valence-corrected chi connectivity index (χ2v) is 10.00. The van der Waals surface area contributed by atoms with Gasteiger partial charge in [0.2, 0.25) is 0 Å². The van der Waals surface area contributed by atoms with Crippen LogP contribution < -0.4 is 0 Å². The zero-order valence-electron chi connectivity index (χ0n) is 13.4. The Hall–Kier alpha value is 0.230. The van der Waals surface area contributed by atoms with Crippen molar-refractivity contribution in [3.63, 3.8) is 0 Å². The van der Waals surface area contributed by atoms with E-state index in [1.54, 1.807) is 0 Å². The molecule has 0 bridgehead atoms. The number of hydrogen-bond acceptors (Lipinski definition) is 1. The van der Waals surface area contributed by atoms with Crippen LogP contribution in [0.5, 0.6) is 0 Å². The molecule has 18 heavy (non-hydrogen) atoms. The predicted molar refractivity (Wildman–Crippen MR) is 85.3 cm³/mol. The fourth-order valence-corrected chi connectivity index (χ4v) is 6.74. The minimum Gasteiger partial charge on any atom is -0.324 e. The third kappa shape index (κ3) is 10.2. The van der Waals surface area contributed by atoms with Gasteiger partial charge < -0.3 is 4.57 Å². The van der Waals surface area contributed by atoms with Crippen molar-refractivity contribution >= 4 is 7.14 Å². The molecule has 0 aliphatic heterocycles. The van der Waals surface area contributed by atoms with Gasteiger partial charge in [-0.3, -0.25) is 0 Å². The third-order valence-electron chi connectivity index (χ3n) is 3.31. The van der Waals surface area contributed by atoms with Crippen LogP contribution in [0.4, 0.5) is 0 Å². The first-order valence-corrected chi connectivity index (χ1v) is 10.2. The molecule has 0 N–H and O–H groups in total. The summed E-state index contributed by atoms with van der Waals surface area (Å²) in [5, 5.41) is 0. The molecular weight excluding hydrogens is 239 g/mol. The Kier molecular flexibility index (Phi) is 10.2. The van der Waals surface area contributed by atoms with Crippen LogP contribution in [0.25, 0.3) is 0 Å². The molecule has 0 aromatic rings. The third-order valence-corrected chi connectivity index (χ3v) is 7.24. The van der Waals surface area contributed by atoms with Crippen molar-refractivity contribution in [1.29, 1.82) is 0 Å². The molecule has 0 aliphatic carbocycles. The van der Waals surface area contributed by atoms with Crippen molar-refractivity contribution in [1.82, 2.24) is 0 Å². The van der Waals surface area contributed by atoms with E-state index in [1.807, 2.05) is 0 Å². The minimum absolute atomic E-state index is 0.578. The average Bonchev–Trinajstić information content (AvgIpc) is 2.20. The summed E-state index contributed by atoms with van der Waals surface area (Å²) < 4.78 is 12.9. The summed E-state index contributed by atoms with van der Waals surface area (Å²) in [4.78, 5) is 0. The van der Waals surface area contributed by atoms with Crippen molar-refractivity contribution in [2.24, 2.45) is 11.8 Å². The van der Waals surface area contributed by atoms with Gasteiger partial charge in [0.25, 0.3) is 0 Å². The van der Waals surface area contributed by atoms with Crippen LogP contribution in [0.3, 0.4) is 0 Å². The van der Waals surface area contributed by atoms with Crippen molar-refractivity contribution in [2.75, 3.05) is 18.5 Å². The van der Waals surface area contributed by atoms with Crippen molar-refractivity contribution < 1.29 is 4.57 Å². The molecule has 2 heteroatoms. The first-order chi connectivity index (χ1) is 8.39. The van der Waals surface area contributed by atoms with Crippen LogP contribution in [0.1, 0.15) is 73.1 Å². The largest absolute Gasteiger partial charge is 0.324 e. The molecule has 0 aromatic carbocycles. The van der Waals surface area contributed by atoms with Crippen LogP contribution in [0.15, 0.2) is 0 Å². The lowest BCUT2D eigenvalue weighted by atomic mass is 10.1. The lowest BCUT2D eigenvalue weighted by Crippen LogP contribution is -2.09. The molecule has 0 saturated carbocycles. The Labute approximate surface area is 116 Å². The maximum absolute atomic E-state index is 12.9. The lowest BCUT2D eigenvalue weighted by molar-refractivity contribution is 0.549. The Morgan fingerprint density at radius 2 is 1.22 bits per heavy atom. The van der Waals surface area contributed by atoms with Gasteiger partial charge in [0.1, 0.15) is 0 Å². The highest BCUT2D eigenvalue weighted by Gasteiger charge is 2.23. The molecular formula is C16H35OP. The standard InChI is InChI=1S/C16H35OP/c1-6-7-8-9-10-11-12-18(17,13-15(2)3)14-16(4)5/h15-16H,6-14H2,1-5H3. The average molecular weight is 274 g/mol. The molecule has 110 valence electrons. The number of hydrogen-bond donors (Lipinski definition) is 0. The SMILES string of the molecule is CCCCCCCCP(=O)(CC(C)C)CC(C)C. The van der Waals surface area contributed by atoms with Crippen LogP contribution in [-0.2, 0) is 4.57 Å². The van der Waals surface area contributed by atoms with E-state index >= 15 is 0 Å². The number of unbranched alkanes of at least 4 members (excludes halogenated alkanes) is 5. The van der Waals surface area contributed by atoms with Crippen LogP contribution in [-0.4, -0.2) is 18.5 Å². The van der Waals surface area contributed by atoms with E-state index in [0.29, 0.717) is 11.8 Å². The van der Waals surface area contributed by atoms with E-state index in [9.17, 15) is 4.57 Å². The Bertz CT molecular complexity index is 219. The Balaban J connectivity index is 3.97. The highest BCUT2D eigenvalue weighted by molar-refractivity contribution is 7.63. The van der Waals surface area contributed by atoms with E-state index in [1.165, 1.54) is 38.5 Å². The molecule has 0 aliphatic rings. The van der Waals surface area contributed by atoms with E-state index < -0.39 is 7.14 Å². The predicted octanol–water partition coefficient (Wildman–Crippen LogP) is 6.02. The van der Waals surface area contributed by atoms with Gasteiger partial charge in [0.15, 0.2) is 0 Å². The smallest absolute Gasteiger partial charge is 0.0882 e. The molecule has 0 atom stereocenters. The minimum atomic E-state index is -1.89. The fourth-order valence-electron chi connectivity index (χ4n) is 2.77. The van der Waals surface area contributed by atoms with Crippen LogP contribution in [0.2, 0.25) is 0 Å². The van der Waals surface area contributed by atoms with Gasteiger partial charge in [0, 0.05) is 18.5 Å². The highest BCUT2D eigenvalue weighted by atomic mass is 31.2. The Morgan fingerprint density at radius 1 is 0.778 bits per heavy atom. The van der Waals surface area contributed by atoms with Crippen molar-refractivity contribution in [2.45, 2.75) is 73.1 Å². The van der Waals surface area contributed by atoms with Crippen LogP contribution in [0, 0.1) is 11.8 Å². The highest BCUT2D eigenvalue weighted by Crippen LogP contribution is 2.49. The lowest BCUT2D eigenvalue weighted by Gasteiger charge is -2.22. The van der Waals surface area contributed by atoms with Gasteiger partial charge >= 0.3 is 0 Å². The zero-order valence-corrected chi connectivity index (χ0v) is 14.3.